The fourth-order valence-electron chi connectivity index (χ4n) is 8.82. The third-order valence-electron chi connectivity index (χ3n) is 12.9. The molecule has 7 aromatic carbocycles. The molecule has 0 aromatic heterocycles. The molecular formula is C61H62N4O9. The van der Waals surface area contributed by atoms with E-state index >= 15 is 0 Å². The molecule has 2 saturated carbocycles. The number of hydrogen-bond acceptors (Lipinski definition) is 9. The van der Waals surface area contributed by atoms with E-state index < -0.39 is 5.97 Å². The molecule has 6 N–H and O–H groups in total. The number of para-hydroxylation sites is 2. The Hall–Kier alpha value is -8.42. The van der Waals surface area contributed by atoms with Crippen LogP contribution in [0.1, 0.15) is 88.8 Å². The van der Waals surface area contributed by atoms with Gasteiger partial charge in [-0.1, -0.05) is 72.8 Å². The normalized spacial score (nSPS) is 17.0. The molecule has 0 heterocycles. The minimum absolute atomic E-state index is 0.0326. The molecule has 0 radical (unpaired) electrons. The van der Waals surface area contributed by atoms with Gasteiger partial charge in [0.2, 0.25) is 11.8 Å². The fraction of sp³-hybridized carbons (Fsp3) is 0.246. The molecular weight excluding hydrogens is 933 g/mol. The standard InChI is InChI=1S/C34H32N2O6.C27H30N2O3/c37-32(36-31-9-5-4-8-30(31)34(39)40)22-23-10-14-26(15-11-23)41-28-18-20-29(21-19-28)42-27-16-12-25(13-17-27)35-33(38)24-6-2-1-3-7-24;1-19-4-2-3-5-26(19)29-27(30)18-20-6-10-22(11-7-20)31-24-14-16-25(17-15-24)32-23-12-8-21(28)9-13-23/h1-11,14-15,18-21,25,27H,12-13,16-17,22H2,(H,35,38)(H,36,37)(H,39,40);2-7,10-11,14-17,21,23H,8-9,12-13,18,28H2,1H3,(H,29,30). The Morgan fingerprint density at radius 3 is 1.38 bits per heavy atom. The highest BCUT2D eigenvalue weighted by Crippen LogP contribution is 2.30. The molecule has 9 rings (SSSR count). The van der Waals surface area contributed by atoms with Crippen LogP contribution >= 0.6 is 0 Å². The first-order chi connectivity index (χ1) is 36.0. The average molecular weight is 995 g/mol. The van der Waals surface area contributed by atoms with E-state index in [4.69, 9.17) is 24.7 Å². The first-order valence-electron chi connectivity index (χ1n) is 25.1. The van der Waals surface area contributed by atoms with Crippen molar-refractivity contribution in [2.75, 3.05) is 10.6 Å². The van der Waals surface area contributed by atoms with E-state index in [1.165, 1.54) is 6.07 Å². The first kappa shape index (κ1) is 51.9. The maximum absolute atomic E-state index is 12.5. The number of aryl methyl sites for hydroxylation is 1. The van der Waals surface area contributed by atoms with Crippen LogP contribution in [0.25, 0.3) is 0 Å². The first-order valence-corrected chi connectivity index (χ1v) is 25.1. The SMILES string of the molecule is Cc1ccccc1NC(=O)Cc1ccc(Oc2ccc(OC3CCC(N)CC3)cc2)cc1.O=C(Cc1ccc(Oc2ccc(OC3CCC(NC(=O)c4ccccc4)CC3)cc2)cc1)Nc1ccccc1C(=O)O. The van der Waals surface area contributed by atoms with Crippen molar-refractivity contribution in [2.45, 2.75) is 95.4 Å². The van der Waals surface area contributed by atoms with Gasteiger partial charge in [0.25, 0.3) is 5.91 Å². The number of carboxylic acid groups (broad SMARTS) is 1. The minimum atomic E-state index is -1.10. The maximum atomic E-state index is 12.5. The van der Waals surface area contributed by atoms with Crippen LogP contribution in [0, 0.1) is 6.92 Å². The highest BCUT2D eigenvalue weighted by atomic mass is 16.5. The van der Waals surface area contributed by atoms with Crippen LogP contribution < -0.4 is 40.6 Å². The molecule has 2 aliphatic carbocycles. The summed E-state index contributed by atoms with van der Waals surface area (Å²) < 4.78 is 24.1. The summed E-state index contributed by atoms with van der Waals surface area (Å²) in [5, 5.41) is 18.0. The van der Waals surface area contributed by atoms with E-state index in [0.717, 1.165) is 96.7 Å². The third kappa shape index (κ3) is 15.8. The number of hydrogen-bond donors (Lipinski definition) is 5. The van der Waals surface area contributed by atoms with Gasteiger partial charge in [-0.25, -0.2) is 4.79 Å². The van der Waals surface area contributed by atoms with Gasteiger partial charge in [0.1, 0.15) is 34.5 Å². The van der Waals surface area contributed by atoms with Crippen LogP contribution in [-0.4, -0.2) is 53.1 Å². The van der Waals surface area contributed by atoms with Gasteiger partial charge in [-0.05, 0) is 178 Å². The van der Waals surface area contributed by atoms with Crippen molar-refractivity contribution < 1.29 is 43.2 Å². The molecule has 0 saturated heterocycles. The molecule has 2 aliphatic rings. The van der Waals surface area contributed by atoms with E-state index in [-0.39, 0.29) is 53.6 Å². The number of ether oxygens (including phenoxy) is 4. The lowest BCUT2D eigenvalue weighted by Gasteiger charge is -2.29. The Balaban J connectivity index is 0.000000204. The quantitative estimate of drug-likeness (QED) is 0.0587. The molecule has 380 valence electrons. The summed E-state index contributed by atoms with van der Waals surface area (Å²) in [6.07, 6.45) is 8.31. The van der Waals surface area contributed by atoms with E-state index in [2.05, 4.69) is 16.0 Å². The van der Waals surface area contributed by atoms with Gasteiger partial charge < -0.3 is 45.7 Å². The summed E-state index contributed by atoms with van der Waals surface area (Å²) in [6.45, 7) is 1.98. The van der Waals surface area contributed by atoms with E-state index in [9.17, 15) is 24.3 Å². The van der Waals surface area contributed by atoms with Gasteiger partial charge in [0.05, 0.1) is 36.3 Å². The third-order valence-corrected chi connectivity index (χ3v) is 12.9. The highest BCUT2D eigenvalue weighted by Gasteiger charge is 2.24. The number of carbonyl (C=O) groups is 4. The Morgan fingerprint density at radius 1 is 0.486 bits per heavy atom. The van der Waals surface area contributed by atoms with Crippen LogP contribution in [0.5, 0.6) is 34.5 Å². The fourth-order valence-corrected chi connectivity index (χ4v) is 8.82. The summed E-state index contributed by atoms with van der Waals surface area (Å²) in [4.78, 5) is 48.6. The summed E-state index contributed by atoms with van der Waals surface area (Å²) in [6, 6.07) is 53.7. The van der Waals surface area contributed by atoms with Gasteiger partial charge in [-0.3, -0.25) is 14.4 Å². The van der Waals surface area contributed by atoms with Gasteiger partial charge in [-0.2, -0.15) is 0 Å². The van der Waals surface area contributed by atoms with Crippen LogP contribution in [0.4, 0.5) is 11.4 Å². The van der Waals surface area contributed by atoms with E-state index in [1.807, 2.05) is 134 Å². The zero-order valence-corrected chi connectivity index (χ0v) is 41.4. The molecule has 0 spiro atoms. The number of anilines is 2. The van der Waals surface area contributed by atoms with Gasteiger partial charge >= 0.3 is 5.97 Å². The van der Waals surface area contributed by atoms with E-state index in [0.29, 0.717) is 29.5 Å². The lowest BCUT2D eigenvalue weighted by molar-refractivity contribution is -0.116. The molecule has 0 unspecified atom stereocenters. The van der Waals surface area contributed by atoms with Gasteiger partial charge in [0, 0.05) is 23.3 Å². The monoisotopic (exact) mass is 994 g/mol. The molecule has 3 amide bonds. The number of nitrogens with one attached hydrogen (secondary N) is 3. The van der Waals surface area contributed by atoms with Crippen molar-refractivity contribution in [2.24, 2.45) is 5.73 Å². The molecule has 2 fully saturated rings. The second-order valence-electron chi connectivity index (χ2n) is 18.6. The Bertz CT molecular complexity index is 2930. The van der Waals surface area contributed by atoms with Crippen molar-refractivity contribution in [3.63, 3.8) is 0 Å². The molecule has 0 atom stereocenters. The second-order valence-corrected chi connectivity index (χ2v) is 18.6. The Labute approximate surface area is 432 Å². The summed E-state index contributed by atoms with van der Waals surface area (Å²) in [7, 11) is 0. The molecule has 13 heteroatoms. The van der Waals surface area contributed by atoms with Crippen molar-refractivity contribution in [1.29, 1.82) is 0 Å². The maximum Gasteiger partial charge on any atom is 0.337 e. The molecule has 0 bridgehead atoms. The largest absolute Gasteiger partial charge is 0.490 e. The number of aromatic carboxylic acids is 1. The van der Waals surface area contributed by atoms with Gasteiger partial charge in [0.15, 0.2) is 0 Å². The number of carboxylic acids is 1. The lowest BCUT2D eigenvalue weighted by Crippen LogP contribution is -2.39. The zero-order valence-electron chi connectivity index (χ0n) is 41.4. The topological polar surface area (TPSA) is 188 Å². The number of benzene rings is 7. The minimum Gasteiger partial charge on any atom is -0.490 e. The van der Waals surface area contributed by atoms with Crippen molar-refractivity contribution in [1.82, 2.24) is 5.32 Å². The van der Waals surface area contributed by atoms with Crippen molar-refractivity contribution >= 4 is 35.1 Å². The Morgan fingerprint density at radius 2 is 0.892 bits per heavy atom. The average Bonchev–Trinajstić information content (AvgIpc) is 3.41. The highest BCUT2D eigenvalue weighted by molar-refractivity contribution is 6.01. The van der Waals surface area contributed by atoms with Gasteiger partial charge in [-0.15, -0.1) is 0 Å². The molecule has 0 aliphatic heterocycles. The molecule has 13 nitrogen and oxygen atoms in total. The lowest BCUT2D eigenvalue weighted by atomic mass is 9.92. The smallest absolute Gasteiger partial charge is 0.337 e. The number of rotatable bonds is 17. The number of carbonyl (C=O) groups excluding carboxylic acids is 3. The van der Waals surface area contributed by atoms with Crippen LogP contribution in [0.2, 0.25) is 0 Å². The van der Waals surface area contributed by atoms with E-state index in [1.54, 1.807) is 42.5 Å². The van der Waals surface area contributed by atoms with Crippen molar-refractivity contribution in [3.8, 4) is 34.5 Å². The Kier molecular flexibility index (Phi) is 18.1. The van der Waals surface area contributed by atoms with Crippen LogP contribution in [0.15, 0.2) is 176 Å². The second kappa shape index (κ2) is 25.8. The summed E-state index contributed by atoms with van der Waals surface area (Å²) in [5.74, 6) is 2.90. The molecule has 74 heavy (non-hydrogen) atoms. The van der Waals surface area contributed by atoms with Crippen LogP contribution in [0.3, 0.4) is 0 Å². The predicted octanol–water partition coefficient (Wildman–Crippen LogP) is 12.1. The predicted molar refractivity (Wildman–Crippen MR) is 287 cm³/mol. The molecule has 7 aromatic rings. The zero-order chi connectivity index (χ0) is 51.7. The number of nitrogens with two attached hydrogens (primary N) is 1. The summed E-state index contributed by atoms with van der Waals surface area (Å²) in [5.41, 5.74) is 10.5. The summed E-state index contributed by atoms with van der Waals surface area (Å²) >= 11 is 0. The number of amides is 3. The van der Waals surface area contributed by atoms with Crippen LogP contribution in [-0.2, 0) is 22.4 Å². The van der Waals surface area contributed by atoms with Crippen molar-refractivity contribution in [3.05, 3.63) is 204 Å².